The fourth-order valence-corrected chi connectivity index (χ4v) is 3.18. The van der Waals surface area contributed by atoms with Gasteiger partial charge in [0.15, 0.2) is 0 Å². The fourth-order valence-electron chi connectivity index (χ4n) is 3.18. The van der Waals surface area contributed by atoms with Crippen LogP contribution in [0.1, 0.15) is 52.7 Å². The van der Waals surface area contributed by atoms with E-state index in [1.807, 2.05) is 20.8 Å². The Morgan fingerprint density at radius 3 is 2.68 bits per heavy atom. The van der Waals surface area contributed by atoms with Crippen LogP contribution in [0, 0.1) is 5.92 Å². The number of fused-ring (bicyclic) bond motifs is 1. The Hall–Kier alpha value is -2.18. The Labute approximate surface area is 148 Å². The van der Waals surface area contributed by atoms with Crippen molar-refractivity contribution in [2.24, 2.45) is 5.92 Å². The molecule has 0 amide bonds. The quantitative estimate of drug-likeness (QED) is 0.793. The molecule has 0 bridgehead atoms. The second-order valence-electron chi connectivity index (χ2n) is 7.62. The van der Waals surface area contributed by atoms with E-state index in [4.69, 9.17) is 4.74 Å². The Kier molecular flexibility index (Phi) is 4.92. The van der Waals surface area contributed by atoms with Gasteiger partial charge in [-0.25, -0.2) is 4.98 Å². The van der Waals surface area contributed by atoms with Crippen molar-refractivity contribution in [2.45, 2.75) is 59.0 Å². The molecule has 7 heteroatoms. The van der Waals surface area contributed by atoms with Crippen molar-refractivity contribution in [2.75, 3.05) is 18.0 Å². The van der Waals surface area contributed by atoms with E-state index in [0.29, 0.717) is 5.78 Å². The zero-order valence-electron chi connectivity index (χ0n) is 15.5. The Balaban J connectivity index is 1.73. The minimum Gasteiger partial charge on any atom is -0.460 e. The summed E-state index contributed by atoms with van der Waals surface area (Å²) >= 11 is 0. The molecule has 0 spiro atoms. The van der Waals surface area contributed by atoms with Crippen molar-refractivity contribution in [3.05, 3.63) is 18.1 Å². The van der Waals surface area contributed by atoms with E-state index in [2.05, 4.69) is 33.0 Å². The highest BCUT2D eigenvalue weighted by atomic mass is 16.6. The first-order chi connectivity index (χ1) is 11.9. The number of rotatable bonds is 4. The van der Waals surface area contributed by atoms with Gasteiger partial charge in [0.25, 0.3) is 5.78 Å². The topological polar surface area (TPSA) is 72.6 Å². The molecule has 0 atom stereocenters. The molecule has 0 radical (unpaired) electrons. The summed E-state index contributed by atoms with van der Waals surface area (Å²) < 4.78 is 7.32. The number of hydrogen-bond donors (Lipinski definition) is 0. The van der Waals surface area contributed by atoms with Gasteiger partial charge in [-0.1, -0.05) is 13.3 Å². The molecule has 0 N–H and O–H groups in total. The number of carbonyl (C=O) groups is 1. The van der Waals surface area contributed by atoms with Crippen LogP contribution in [-0.2, 0) is 16.0 Å². The zero-order valence-corrected chi connectivity index (χ0v) is 15.5. The molecule has 1 fully saturated rings. The number of aryl methyl sites for hydroxylation is 1. The van der Waals surface area contributed by atoms with Crippen LogP contribution in [-0.4, -0.2) is 44.2 Å². The summed E-state index contributed by atoms with van der Waals surface area (Å²) in [5, 5.41) is 4.31. The predicted octanol–water partition coefficient (Wildman–Crippen LogP) is 2.63. The van der Waals surface area contributed by atoms with E-state index in [9.17, 15) is 4.79 Å². The maximum Gasteiger partial charge on any atom is 0.309 e. The van der Waals surface area contributed by atoms with Crippen molar-refractivity contribution in [3.8, 4) is 0 Å². The molecule has 25 heavy (non-hydrogen) atoms. The summed E-state index contributed by atoms with van der Waals surface area (Å²) in [6.07, 6.45) is 5.07. The third-order valence-electron chi connectivity index (χ3n) is 4.35. The van der Waals surface area contributed by atoms with Crippen LogP contribution < -0.4 is 4.90 Å². The largest absolute Gasteiger partial charge is 0.460 e. The van der Waals surface area contributed by atoms with Gasteiger partial charge in [0.2, 0.25) is 0 Å². The van der Waals surface area contributed by atoms with Crippen LogP contribution in [0.5, 0.6) is 0 Å². The molecule has 0 unspecified atom stereocenters. The average molecular weight is 345 g/mol. The van der Waals surface area contributed by atoms with E-state index in [1.54, 1.807) is 4.52 Å². The molecule has 2 aromatic rings. The van der Waals surface area contributed by atoms with Crippen LogP contribution >= 0.6 is 0 Å². The van der Waals surface area contributed by atoms with Crippen LogP contribution in [0.4, 0.5) is 5.82 Å². The third-order valence-corrected chi connectivity index (χ3v) is 4.35. The van der Waals surface area contributed by atoms with Gasteiger partial charge in [0.1, 0.15) is 17.7 Å². The van der Waals surface area contributed by atoms with Crippen molar-refractivity contribution in [1.82, 2.24) is 19.6 Å². The van der Waals surface area contributed by atoms with Crippen LogP contribution in [0.3, 0.4) is 0 Å². The van der Waals surface area contributed by atoms with Gasteiger partial charge in [0.05, 0.1) is 5.92 Å². The van der Waals surface area contributed by atoms with Gasteiger partial charge in [-0.15, -0.1) is 0 Å². The summed E-state index contributed by atoms with van der Waals surface area (Å²) in [7, 11) is 0. The molecular weight excluding hydrogens is 318 g/mol. The lowest BCUT2D eigenvalue weighted by Gasteiger charge is -2.33. The molecule has 0 saturated carbocycles. The Morgan fingerprint density at radius 1 is 1.32 bits per heavy atom. The first-order valence-electron chi connectivity index (χ1n) is 9.05. The molecule has 7 nitrogen and oxygen atoms in total. The van der Waals surface area contributed by atoms with Gasteiger partial charge < -0.3 is 9.64 Å². The number of carbonyl (C=O) groups excluding carboxylic acids is 1. The molecule has 3 rings (SSSR count). The minimum atomic E-state index is -0.429. The average Bonchev–Trinajstić information content (AvgIpc) is 3.01. The number of hydrogen-bond acceptors (Lipinski definition) is 6. The molecule has 1 saturated heterocycles. The monoisotopic (exact) mass is 345 g/mol. The lowest BCUT2D eigenvalue weighted by atomic mass is 9.96. The molecule has 1 aliphatic heterocycles. The summed E-state index contributed by atoms with van der Waals surface area (Å²) in [6.45, 7) is 9.47. The normalized spacial score (nSPS) is 16.4. The highest BCUT2D eigenvalue weighted by molar-refractivity contribution is 5.73. The standard InChI is InChI=1S/C18H27N5O2/c1-5-6-14-11-15(23-17(21-14)19-12-20-23)22-9-7-13(8-10-22)16(24)25-18(2,3)4/h11-13H,5-10H2,1-4H3. The van der Waals surface area contributed by atoms with Crippen molar-refractivity contribution < 1.29 is 9.53 Å². The highest BCUT2D eigenvalue weighted by Crippen LogP contribution is 2.26. The summed E-state index contributed by atoms with van der Waals surface area (Å²) in [5.41, 5.74) is 0.605. The van der Waals surface area contributed by atoms with Gasteiger partial charge in [-0.3, -0.25) is 4.79 Å². The lowest BCUT2D eigenvalue weighted by Crippen LogP contribution is -2.39. The second-order valence-corrected chi connectivity index (χ2v) is 7.62. The van der Waals surface area contributed by atoms with E-state index >= 15 is 0 Å². The van der Waals surface area contributed by atoms with Crippen LogP contribution in [0.15, 0.2) is 12.4 Å². The minimum absolute atomic E-state index is 0.0290. The predicted molar refractivity (Wildman–Crippen MR) is 95.6 cm³/mol. The fraction of sp³-hybridized carbons (Fsp3) is 0.667. The van der Waals surface area contributed by atoms with E-state index in [-0.39, 0.29) is 11.9 Å². The number of anilines is 1. The molecule has 2 aromatic heterocycles. The highest BCUT2D eigenvalue weighted by Gasteiger charge is 2.30. The molecular formula is C18H27N5O2. The smallest absolute Gasteiger partial charge is 0.309 e. The maximum atomic E-state index is 12.3. The van der Waals surface area contributed by atoms with Gasteiger partial charge in [-0.2, -0.15) is 14.6 Å². The number of nitrogens with zero attached hydrogens (tertiary/aromatic N) is 5. The number of esters is 1. The second kappa shape index (κ2) is 6.98. The van der Waals surface area contributed by atoms with Crippen molar-refractivity contribution in [1.29, 1.82) is 0 Å². The third kappa shape index (κ3) is 4.08. The first kappa shape index (κ1) is 17.6. The van der Waals surface area contributed by atoms with E-state index < -0.39 is 5.60 Å². The van der Waals surface area contributed by atoms with Crippen LogP contribution in [0.25, 0.3) is 5.78 Å². The van der Waals surface area contributed by atoms with Crippen molar-refractivity contribution in [3.63, 3.8) is 0 Å². The van der Waals surface area contributed by atoms with Crippen LogP contribution in [0.2, 0.25) is 0 Å². The summed E-state index contributed by atoms with van der Waals surface area (Å²) in [6, 6.07) is 2.10. The van der Waals surface area contributed by atoms with E-state index in [1.165, 1.54) is 6.33 Å². The van der Waals surface area contributed by atoms with E-state index in [0.717, 1.165) is 50.3 Å². The number of ether oxygens (including phenoxy) is 1. The maximum absolute atomic E-state index is 12.3. The van der Waals surface area contributed by atoms with Gasteiger partial charge >= 0.3 is 5.97 Å². The lowest BCUT2D eigenvalue weighted by molar-refractivity contribution is -0.160. The van der Waals surface area contributed by atoms with Gasteiger partial charge in [0, 0.05) is 24.8 Å². The Morgan fingerprint density at radius 2 is 2.04 bits per heavy atom. The summed E-state index contributed by atoms with van der Waals surface area (Å²) in [4.78, 5) is 23.3. The zero-order chi connectivity index (χ0) is 18.0. The Bertz CT molecular complexity index is 741. The molecule has 0 aromatic carbocycles. The van der Waals surface area contributed by atoms with Crippen molar-refractivity contribution >= 4 is 17.6 Å². The number of piperidine rings is 1. The molecule has 136 valence electrons. The molecule has 0 aliphatic carbocycles. The molecule has 1 aliphatic rings. The summed E-state index contributed by atoms with van der Waals surface area (Å²) in [5.74, 6) is 1.53. The first-order valence-corrected chi connectivity index (χ1v) is 9.05. The number of aromatic nitrogens is 4. The van der Waals surface area contributed by atoms with Gasteiger partial charge in [-0.05, 0) is 40.0 Å². The molecule has 3 heterocycles. The SMILES string of the molecule is CCCc1cc(N2CCC(C(=O)OC(C)(C)C)CC2)n2ncnc2n1.